The Balaban J connectivity index is 1.67. The van der Waals surface area contributed by atoms with Gasteiger partial charge in [0.15, 0.2) is 6.10 Å². The molecule has 2 N–H and O–H groups in total. The van der Waals surface area contributed by atoms with Crippen molar-refractivity contribution in [1.82, 2.24) is 5.32 Å². The van der Waals surface area contributed by atoms with Gasteiger partial charge >= 0.3 is 5.97 Å². The van der Waals surface area contributed by atoms with E-state index in [0.717, 1.165) is 22.4 Å². The molecule has 0 spiro atoms. The molecular formula is C24H29ClN2O5. The predicted molar refractivity (Wildman–Crippen MR) is 124 cm³/mol. The Kier molecular flexibility index (Phi) is 9.53. The SMILES string of the molecule is Cc1cc(Cl)ccc1OCCCC(=O)OC(C)C(=O)NCC(=O)Nc1c(C)cccc1C. The summed E-state index contributed by atoms with van der Waals surface area (Å²) in [6.45, 7) is 7.25. The summed E-state index contributed by atoms with van der Waals surface area (Å²) in [7, 11) is 0. The highest BCUT2D eigenvalue weighted by atomic mass is 35.5. The van der Waals surface area contributed by atoms with Crippen LogP contribution in [0.25, 0.3) is 0 Å². The first kappa shape index (κ1) is 25.2. The van der Waals surface area contributed by atoms with Gasteiger partial charge in [-0.15, -0.1) is 0 Å². The topological polar surface area (TPSA) is 93.7 Å². The van der Waals surface area contributed by atoms with E-state index in [1.54, 1.807) is 18.2 Å². The molecule has 2 aromatic carbocycles. The first-order valence-corrected chi connectivity index (χ1v) is 10.8. The van der Waals surface area contributed by atoms with Gasteiger partial charge in [0, 0.05) is 17.1 Å². The monoisotopic (exact) mass is 460 g/mol. The number of amides is 2. The summed E-state index contributed by atoms with van der Waals surface area (Å²) in [5, 5.41) is 5.90. The lowest BCUT2D eigenvalue weighted by Crippen LogP contribution is -2.40. The van der Waals surface area contributed by atoms with Crippen LogP contribution in [0.4, 0.5) is 5.69 Å². The fourth-order valence-electron chi connectivity index (χ4n) is 2.99. The highest BCUT2D eigenvalue weighted by Crippen LogP contribution is 2.22. The fourth-order valence-corrected chi connectivity index (χ4v) is 3.22. The Hall–Kier alpha value is -3.06. The molecule has 8 heteroatoms. The smallest absolute Gasteiger partial charge is 0.306 e. The van der Waals surface area contributed by atoms with Crippen molar-refractivity contribution in [1.29, 1.82) is 0 Å². The number of nitrogens with one attached hydrogen (secondary N) is 2. The molecule has 2 amide bonds. The van der Waals surface area contributed by atoms with Gasteiger partial charge < -0.3 is 20.1 Å². The Morgan fingerprint density at radius 1 is 1.03 bits per heavy atom. The van der Waals surface area contributed by atoms with E-state index >= 15 is 0 Å². The number of aryl methyl sites for hydroxylation is 3. The van der Waals surface area contributed by atoms with Crippen LogP contribution in [0.5, 0.6) is 5.75 Å². The molecule has 0 heterocycles. The molecular weight excluding hydrogens is 432 g/mol. The summed E-state index contributed by atoms with van der Waals surface area (Å²) >= 11 is 5.91. The van der Waals surface area contributed by atoms with Crippen molar-refractivity contribution in [2.45, 2.75) is 46.6 Å². The number of carbonyl (C=O) groups excluding carboxylic acids is 3. The van der Waals surface area contributed by atoms with Crippen molar-refractivity contribution in [3.8, 4) is 5.75 Å². The zero-order chi connectivity index (χ0) is 23.7. The van der Waals surface area contributed by atoms with E-state index in [1.165, 1.54) is 6.92 Å². The molecule has 1 atom stereocenters. The summed E-state index contributed by atoms with van der Waals surface area (Å²) in [6.07, 6.45) is -0.458. The van der Waals surface area contributed by atoms with E-state index < -0.39 is 18.0 Å². The Labute approximate surface area is 193 Å². The van der Waals surface area contributed by atoms with Crippen molar-refractivity contribution in [3.05, 3.63) is 58.1 Å². The van der Waals surface area contributed by atoms with E-state index in [1.807, 2.05) is 39.0 Å². The van der Waals surface area contributed by atoms with Gasteiger partial charge in [-0.05, 0) is 69.0 Å². The predicted octanol–water partition coefficient (Wildman–Crippen LogP) is 4.11. The van der Waals surface area contributed by atoms with Gasteiger partial charge in [0.2, 0.25) is 5.91 Å². The van der Waals surface area contributed by atoms with E-state index in [4.69, 9.17) is 21.1 Å². The van der Waals surface area contributed by atoms with Crippen molar-refractivity contribution in [2.75, 3.05) is 18.5 Å². The van der Waals surface area contributed by atoms with Crippen molar-refractivity contribution in [3.63, 3.8) is 0 Å². The molecule has 0 saturated carbocycles. The number of carbonyl (C=O) groups is 3. The van der Waals surface area contributed by atoms with Gasteiger partial charge in [-0.3, -0.25) is 14.4 Å². The molecule has 0 aromatic heterocycles. The van der Waals surface area contributed by atoms with Gasteiger partial charge in [0.05, 0.1) is 13.2 Å². The third-order valence-corrected chi connectivity index (χ3v) is 5.00. The summed E-state index contributed by atoms with van der Waals surface area (Å²) in [5.74, 6) is -0.703. The Morgan fingerprint density at radius 3 is 2.38 bits per heavy atom. The second-order valence-corrected chi connectivity index (χ2v) is 7.96. The van der Waals surface area contributed by atoms with Crippen molar-refractivity contribution >= 4 is 35.1 Å². The van der Waals surface area contributed by atoms with Crippen LogP contribution in [0.2, 0.25) is 5.02 Å². The maximum Gasteiger partial charge on any atom is 0.306 e. The third-order valence-electron chi connectivity index (χ3n) is 4.77. The number of anilines is 1. The molecule has 0 fully saturated rings. The lowest BCUT2D eigenvalue weighted by molar-refractivity contribution is -0.155. The van der Waals surface area contributed by atoms with Crippen LogP contribution in [0.3, 0.4) is 0 Å². The number of hydrogen-bond donors (Lipinski definition) is 2. The summed E-state index contributed by atoms with van der Waals surface area (Å²) in [6, 6.07) is 11.0. The summed E-state index contributed by atoms with van der Waals surface area (Å²) in [5.41, 5.74) is 3.50. The number of ether oxygens (including phenoxy) is 2. The molecule has 1 unspecified atom stereocenters. The van der Waals surface area contributed by atoms with E-state index in [9.17, 15) is 14.4 Å². The average molecular weight is 461 g/mol. The molecule has 0 aliphatic carbocycles. The van der Waals surface area contributed by atoms with Crippen LogP contribution in [-0.2, 0) is 19.1 Å². The molecule has 7 nitrogen and oxygen atoms in total. The molecule has 0 radical (unpaired) electrons. The first-order chi connectivity index (χ1) is 15.2. The van der Waals surface area contributed by atoms with E-state index in [-0.39, 0.29) is 18.9 Å². The standard InChI is InChI=1S/C24H29ClN2O5/c1-15-7-5-8-16(2)23(15)27-21(28)14-26-24(30)18(4)32-22(29)9-6-12-31-20-11-10-19(25)13-17(20)3/h5,7-8,10-11,13,18H,6,9,12,14H2,1-4H3,(H,26,30)(H,27,28). The zero-order valence-electron chi connectivity index (χ0n) is 18.8. The fraction of sp³-hybridized carbons (Fsp3) is 0.375. The van der Waals surface area contributed by atoms with Crippen LogP contribution in [0.1, 0.15) is 36.5 Å². The van der Waals surface area contributed by atoms with Crippen LogP contribution < -0.4 is 15.4 Å². The zero-order valence-corrected chi connectivity index (χ0v) is 19.5. The minimum absolute atomic E-state index is 0.108. The van der Waals surface area contributed by atoms with Gasteiger partial charge in [-0.1, -0.05) is 29.8 Å². The lowest BCUT2D eigenvalue weighted by atomic mass is 10.1. The minimum Gasteiger partial charge on any atom is -0.493 e. The van der Waals surface area contributed by atoms with Crippen molar-refractivity contribution in [2.24, 2.45) is 0 Å². The second kappa shape index (κ2) is 12.1. The quantitative estimate of drug-likeness (QED) is 0.411. The molecule has 0 bridgehead atoms. The average Bonchev–Trinajstić information content (AvgIpc) is 2.73. The highest BCUT2D eigenvalue weighted by molar-refractivity contribution is 6.30. The van der Waals surface area contributed by atoms with Gasteiger partial charge in [-0.2, -0.15) is 0 Å². The van der Waals surface area contributed by atoms with E-state index in [0.29, 0.717) is 23.8 Å². The van der Waals surface area contributed by atoms with Crippen LogP contribution >= 0.6 is 11.6 Å². The molecule has 172 valence electrons. The van der Waals surface area contributed by atoms with Crippen molar-refractivity contribution < 1.29 is 23.9 Å². The summed E-state index contributed by atoms with van der Waals surface area (Å²) in [4.78, 5) is 36.3. The van der Waals surface area contributed by atoms with Crippen LogP contribution in [0.15, 0.2) is 36.4 Å². The number of para-hydroxylation sites is 1. The Bertz CT molecular complexity index is 957. The van der Waals surface area contributed by atoms with E-state index in [2.05, 4.69) is 10.6 Å². The largest absolute Gasteiger partial charge is 0.493 e. The van der Waals surface area contributed by atoms with Gasteiger partial charge in [0.25, 0.3) is 5.91 Å². The number of esters is 1. The number of benzene rings is 2. The molecule has 32 heavy (non-hydrogen) atoms. The first-order valence-electron chi connectivity index (χ1n) is 10.4. The molecule has 2 rings (SSSR count). The number of rotatable bonds is 10. The van der Waals surface area contributed by atoms with Gasteiger partial charge in [-0.25, -0.2) is 0 Å². The van der Waals surface area contributed by atoms with Crippen LogP contribution in [-0.4, -0.2) is 37.0 Å². The minimum atomic E-state index is -1.00. The number of hydrogen-bond acceptors (Lipinski definition) is 5. The maximum absolute atomic E-state index is 12.1. The molecule has 0 aliphatic heterocycles. The third kappa shape index (κ3) is 7.89. The molecule has 0 saturated heterocycles. The second-order valence-electron chi connectivity index (χ2n) is 7.53. The molecule has 2 aromatic rings. The Morgan fingerprint density at radius 2 is 1.72 bits per heavy atom. The number of halogens is 1. The lowest BCUT2D eigenvalue weighted by Gasteiger charge is -2.15. The maximum atomic E-state index is 12.1. The van der Waals surface area contributed by atoms with Gasteiger partial charge in [0.1, 0.15) is 5.75 Å². The normalized spacial score (nSPS) is 11.4. The molecule has 0 aliphatic rings. The van der Waals surface area contributed by atoms with Crippen LogP contribution in [0, 0.1) is 20.8 Å². The summed E-state index contributed by atoms with van der Waals surface area (Å²) < 4.78 is 10.8. The highest BCUT2D eigenvalue weighted by Gasteiger charge is 2.18.